The lowest BCUT2D eigenvalue weighted by molar-refractivity contribution is -0.149. The van der Waals surface area contributed by atoms with Gasteiger partial charge in [0.25, 0.3) is 5.91 Å². The minimum atomic E-state index is -0.918. The van der Waals surface area contributed by atoms with E-state index in [1.807, 2.05) is 24.3 Å². The van der Waals surface area contributed by atoms with Crippen molar-refractivity contribution in [3.05, 3.63) is 59.7 Å². The summed E-state index contributed by atoms with van der Waals surface area (Å²) in [6, 6.07) is 10.3. The van der Waals surface area contributed by atoms with Gasteiger partial charge in [-0.2, -0.15) is 0 Å². The van der Waals surface area contributed by atoms with E-state index in [-0.39, 0.29) is 11.7 Å². The topological polar surface area (TPSA) is 55.8 Å². The lowest BCUT2D eigenvalue weighted by Gasteiger charge is -2.29. The highest BCUT2D eigenvalue weighted by Crippen LogP contribution is 2.26. The first-order valence-corrected chi connectivity index (χ1v) is 8.16. The smallest absolute Gasteiger partial charge is 0.344 e. The van der Waals surface area contributed by atoms with E-state index in [1.165, 1.54) is 0 Å². The molecule has 0 bridgehead atoms. The number of esters is 1. The summed E-state index contributed by atoms with van der Waals surface area (Å²) in [7, 11) is 0. The quantitative estimate of drug-likeness (QED) is 0.769. The van der Waals surface area contributed by atoms with E-state index < -0.39 is 30.8 Å². The predicted octanol–water partition coefficient (Wildman–Crippen LogP) is 2.87. The second kappa shape index (κ2) is 7.95. The van der Waals surface area contributed by atoms with Crippen LogP contribution >= 0.6 is 0 Å². The lowest BCUT2D eigenvalue weighted by Crippen LogP contribution is -2.38. The van der Waals surface area contributed by atoms with Crippen LogP contribution in [0.2, 0.25) is 0 Å². The summed E-state index contributed by atoms with van der Waals surface area (Å²) in [6.45, 7) is -0.445. The third-order valence-corrected chi connectivity index (χ3v) is 4.01. The van der Waals surface area contributed by atoms with Gasteiger partial charge in [-0.05, 0) is 36.6 Å². The number of carbonyl (C=O) groups excluding carboxylic acids is 2. The van der Waals surface area contributed by atoms with Gasteiger partial charge < -0.3 is 14.4 Å². The van der Waals surface area contributed by atoms with Gasteiger partial charge in [-0.15, -0.1) is 0 Å². The van der Waals surface area contributed by atoms with Gasteiger partial charge >= 0.3 is 5.97 Å². The molecule has 136 valence electrons. The van der Waals surface area contributed by atoms with E-state index in [1.54, 1.807) is 4.90 Å². The number of benzene rings is 2. The van der Waals surface area contributed by atoms with Crippen molar-refractivity contribution in [1.82, 2.24) is 0 Å². The number of hydrogen-bond acceptors (Lipinski definition) is 4. The van der Waals surface area contributed by atoms with Gasteiger partial charge in [-0.1, -0.05) is 18.2 Å². The van der Waals surface area contributed by atoms with Gasteiger partial charge in [0.1, 0.15) is 5.82 Å². The number of halogens is 2. The van der Waals surface area contributed by atoms with Crippen LogP contribution in [-0.4, -0.2) is 31.6 Å². The third-order valence-electron chi connectivity index (χ3n) is 4.01. The normalized spacial score (nSPS) is 13.1. The van der Waals surface area contributed by atoms with Crippen molar-refractivity contribution in [1.29, 1.82) is 0 Å². The molecule has 1 aliphatic rings. The first kappa shape index (κ1) is 17.8. The Hall–Kier alpha value is -2.96. The first-order valence-electron chi connectivity index (χ1n) is 8.16. The van der Waals surface area contributed by atoms with Crippen LogP contribution in [0.15, 0.2) is 42.5 Å². The maximum atomic E-state index is 13.4. The van der Waals surface area contributed by atoms with Crippen LogP contribution in [0.25, 0.3) is 0 Å². The highest BCUT2D eigenvalue weighted by atomic mass is 19.1. The average Bonchev–Trinajstić information content (AvgIpc) is 2.65. The number of rotatable bonds is 5. The lowest BCUT2D eigenvalue weighted by atomic mass is 10.0. The highest BCUT2D eigenvalue weighted by Gasteiger charge is 2.23. The van der Waals surface area contributed by atoms with Crippen LogP contribution in [0.1, 0.15) is 12.0 Å². The monoisotopic (exact) mass is 361 g/mol. The van der Waals surface area contributed by atoms with Crippen LogP contribution in [0.5, 0.6) is 5.75 Å². The Kier molecular flexibility index (Phi) is 5.46. The Balaban J connectivity index is 1.51. The Morgan fingerprint density at radius 3 is 2.69 bits per heavy atom. The molecule has 2 aromatic carbocycles. The molecular weight excluding hydrogens is 344 g/mol. The van der Waals surface area contributed by atoms with Crippen molar-refractivity contribution < 1.29 is 27.8 Å². The number of carbonyl (C=O) groups is 2. The van der Waals surface area contributed by atoms with Crippen LogP contribution in [0.4, 0.5) is 14.5 Å². The maximum Gasteiger partial charge on any atom is 0.344 e. The number of aryl methyl sites for hydroxylation is 1. The van der Waals surface area contributed by atoms with Gasteiger partial charge in [0.05, 0.1) is 0 Å². The zero-order chi connectivity index (χ0) is 18.5. The Bertz CT molecular complexity index is 825. The summed E-state index contributed by atoms with van der Waals surface area (Å²) >= 11 is 0. The van der Waals surface area contributed by atoms with E-state index in [4.69, 9.17) is 9.47 Å². The maximum absolute atomic E-state index is 13.4. The van der Waals surface area contributed by atoms with Crippen LogP contribution < -0.4 is 9.64 Å². The summed E-state index contributed by atoms with van der Waals surface area (Å²) in [4.78, 5) is 25.6. The number of anilines is 1. The Labute approximate surface area is 149 Å². The summed E-state index contributed by atoms with van der Waals surface area (Å²) in [6.07, 6.45) is 1.74. The molecule has 5 nitrogen and oxygen atoms in total. The van der Waals surface area contributed by atoms with E-state index in [0.29, 0.717) is 12.6 Å². The van der Waals surface area contributed by atoms with E-state index in [9.17, 15) is 18.4 Å². The minimum absolute atomic E-state index is 0.264. The second-order valence-electron chi connectivity index (χ2n) is 5.80. The Morgan fingerprint density at radius 2 is 1.88 bits per heavy atom. The van der Waals surface area contributed by atoms with Gasteiger partial charge in [-0.25, -0.2) is 13.6 Å². The van der Waals surface area contributed by atoms with Crippen LogP contribution in [0, 0.1) is 11.6 Å². The zero-order valence-corrected chi connectivity index (χ0v) is 13.9. The molecule has 1 amide bonds. The molecule has 0 saturated carbocycles. The van der Waals surface area contributed by atoms with Crippen molar-refractivity contribution in [2.45, 2.75) is 12.8 Å². The van der Waals surface area contributed by atoms with Gasteiger partial charge in [0.2, 0.25) is 0 Å². The van der Waals surface area contributed by atoms with Crippen molar-refractivity contribution in [3.8, 4) is 5.75 Å². The molecule has 1 aliphatic heterocycles. The fourth-order valence-corrected chi connectivity index (χ4v) is 2.78. The average molecular weight is 361 g/mol. The van der Waals surface area contributed by atoms with E-state index in [2.05, 4.69) is 0 Å². The number of hydrogen-bond donors (Lipinski definition) is 0. The summed E-state index contributed by atoms with van der Waals surface area (Å²) in [5.41, 5.74) is 1.90. The molecule has 0 unspecified atom stereocenters. The van der Waals surface area contributed by atoms with E-state index in [0.717, 1.165) is 36.2 Å². The molecule has 0 fully saturated rings. The van der Waals surface area contributed by atoms with E-state index >= 15 is 0 Å². The summed E-state index contributed by atoms with van der Waals surface area (Å²) in [5, 5.41) is 0. The fourth-order valence-electron chi connectivity index (χ4n) is 2.78. The molecule has 0 aliphatic carbocycles. The molecule has 2 aromatic rings. The van der Waals surface area contributed by atoms with Crippen molar-refractivity contribution >= 4 is 17.6 Å². The third kappa shape index (κ3) is 4.17. The molecule has 7 heteroatoms. The number of amides is 1. The highest BCUT2D eigenvalue weighted by molar-refractivity contribution is 5.96. The summed E-state index contributed by atoms with van der Waals surface area (Å²) < 4.78 is 36.1. The number of para-hydroxylation sites is 1. The fraction of sp³-hybridized carbons (Fsp3) is 0.263. The molecule has 26 heavy (non-hydrogen) atoms. The number of fused-ring (bicyclic) bond motifs is 1. The van der Waals surface area contributed by atoms with Crippen molar-refractivity contribution in [2.75, 3.05) is 24.7 Å². The predicted molar refractivity (Wildman–Crippen MR) is 89.9 cm³/mol. The van der Waals surface area contributed by atoms with Crippen molar-refractivity contribution in [3.63, 3.8) is 0 Å². The number of nitrogens with zero attached hydrogens (tertiary/aromatic N) is 1. The Morgan fingerprint density at radius 1 is 1.08 bits per heavy atom. The van der Waals surface area contributed by atoms with Gasteiger partial charge in [0, 0.05) is 18.3 Å². The molecule has 0 saturated heterocycles. The molecular formula is C19H17F2NO4. The van der Waals surface area contributed by atoms with Gasteiger partial charge in [-0.3, -0.25) is 4.79 Å². The molecule has 0 N–H and O–H groups in total. The van der Waals surface area contributed by atoms with Crippen molar-refractivity contribution in [2.24, 2.45) is 0 Å². The standard InChI is InChI=1S/C19H17F2NO4/c20-14-7-8-17(15(21)10-14)25-12-19(24)26-11-18(23)22-9-3-5-13-4-1-2-6-16(13)22/h1-2,4,6-8,10H,3,5,9,11-12H2. The molecule has 0 aromatic heterocycles. The zero-order valence-electron chi connectivity index (χ0n) is 13.9. The second-order valence-corrected chi connectivity index (χ2v) is 5.80. The van der Waals surface area contributed by atoms with Crippen LogP contribution in [0.3, 0.4) is 0 Å². The molecule has 0 atom stereocenters. The largest absolute Gasteiger partial charge is 0.479 e. The molecule has 0 spiro atoms. The molecule has 3 rings (SSSR count). The van der Waals surface area contributed by atoms with Crippen LogP contribution in [-0.2, 0) is 20.7 Å². The molecule has 0 radical (unpaired) electrons. The summed E-state index contributed by atoms with van der Waals surface area (Å²) in [5.74, 6) is -3.07. The SMILES string of the molecule is O=C(COc1ccc(F)cc1F)OCC(=O)N1CCCc2ccccc21. The number of ether oxygens (including phenoxy) is 2. The first-order chi connectivity index (χ1) is 12.5. The van der Waals surface area contributed by atoms with Gasteiger partial charge in [0.15, 0.2) is 24.8 Å². The minimum Gasteiger partial charge on any atom is -0.479 e. The molecule has 1 heterocycles.